The molecule has 0 bridgehead atoms. The van der Waals surface area contributed by atoms with Gasteiger partial charge in [-0.1, -0.05) is 78.6 Å². The summed E-state index contributed by atoms with van der Waals surface area (Å²) in [5, 5.41) is 16.8. The van der Waals surface area contributed by atoms with Crippen LogP contribution in [-0.4, -0.2) is 16.2 Å². The fourth-order valence-electron chi connectivity index (χ4n) is 4.63. The third kappa shape index (κ3) is 5.95. The number of carboxylic acid groups (broad SMARTS) is 1. The molecular formula is C32H27Cl2NO4. The van der Waals surface area contributed by atoms with E-state index >= 15 is 0 Å². The number of rotatable bonds is 9. The molecular weight excluding hydrogens is 533 g/mol. The van der Waals surface area contributed by atoms with Gasteiger partial charge in [0.25, 0.3) is 0 Å². The first-order valence-electron chi connectivity index (χ1n) is 12.7. The summed E-state index contributed by atoms with van der Waals surface area (Å²) >= 11 is 12.7. The number of hydrogen-bond donors (Lipinski definition) is 1. The lowest BCUT2D eigenvalue weighted by Gasteiger charge is -2.11. The third-order valence-corrected chi connectivity index (χ3v) is 7.46. The Hall–Kier alpha value is -3.80. The highest BCUT2D eigenvalue weighted by atomic mass is 35.5. The average molecular weight is 560 g/mol. The average Bonchev–Trinajstić information content (AvgIpc) is 3.34. The Kier molecular flexibility index (Phi) is 7.92. The Morgan fingerprint density at radius 2 is 1.56 bits per heavy atom. The highest BCUT2D eigenvalue weighted by molar-refractivity contribution is 6.36. The largest absolute Gasteiger partial charge is 0.489 e. The monoisotopic (exact) mass is 559 g/mol. The molecule has 1 aromatic heterocycles. The van der Waals surface area contributed by atoms with Crippen molar-refractivity contribution >= 4 is 39.9 Å². The molecule has 0 atom stereocenters. The molecule has 0 aliphatic rings. The van der Waals surface area contributed by atoms with E-state index in [1.165, 1.54) is 0 Å². The van der Waals surface area contributed by atoms with Crippen LogP contribution in [0.15, 0.2) is 83.4 Å². The van der Waals surface area contributed by atoms with E-state index in [-0.39, 0.29) is 11.5 Å². The zero-order valence-electron chi connectivity index (χ0n) is 21.6. The SMILES string of the molecule is CC(C)c1onc(CCc2c(Cl)cccc2Cl)c1COc1ccc(-c2ccc3ccc(C(=O)O)cc3c2)cc1. The summed E-state index contributed by atoms with van der Waals surface area (Å²) in [7, 11) is 0. The second kappa shape index (κ2) is 11.5. The Labute approximate surface area is 236 Å². The second-order valence-electron chi connectivity index (χ2n) is 9.72. The van der Waals surface area contributed by atoms with E-state index in [2.05, 4.69) is 19.0 Å². The van der Waals surface area contributed by atoms with Gasteiger partial charge in [-0.2, -0.15) is 0 Å². The summed E-state index contributed by atoms with van der Waals surface area (Å²) in [5.41, 5.74) is 4.95. The number of carboxylic acids is 1. The Balaban J connectivity index is 1.31. The molecule has 0 saturated carbocycles. The smallest absolute Gasteiger partial charge is 0.335 e. The van der Waals surface area contributed by atoms with Crippen molar-refractivity contribution in [2.45, 2.75) is 39.2 Å². The normalized spacial score (nSPS) is 11.3. The van der Waals surface area contributed by atoms with Gasteiger partial charge >= 0.3 is 5.97 Å². The summed E-state index contributed by atoms with van der Waals surface area (Å²) in [5.74, 6) is 0.756. The van der Waals surface area contributed by atoms with Gasteiger partial charge in [-0.05, 0) is 82.8 Å². The first kappa shape index (κ1) is 26.8. The van der Waals surface area contributed by atoms with Crippen molar-refractivity contribution < 1.29 is 19.2 Å². The van der Waals surface area contributed by atoms with E-state index in [0.29, 0.717) is 29.5 Å². The van der Waals surface area contributed by atoms with E-state index in [1.807, 2.05) is 66.7 Å². The molecule has 0 unspecified atom stereocenters. The maximum Gasteiger partial charge on any atom is 0.335 e. The zero-order chi connectivity index (χ0) is 27.5. The molecule has 39 heavy (non-hydrogen) atoms. The minimum absolute atomic E-state index is 0.158. The molecule has 198 valence electrons. The highest BCUT2D eigenvalue weighted by Gasteiger charge is 2.20. The van der Waals surface area contributed by atoms with Gasteiger partial charge in [-0.3, -0.25) is 0 Å². The summed E-state index contributed by atoms with van der Waals surface area (Å²) in [4.78, 5) is 11.4. The molecule has 5 rings (SSSR count). The molecule has 0 aliphatic carbocycles. The number of nitrogens with zero attached hydrogens (tertiary/aromatic N) is 1. The highest BCUT2D eigenvalue weighted by Crippen LogP contribution is 2.30. The van der Waals surface area contributed by atoms with Gasteiger partial charge in [0.15, 0.2) is 0 Å². The van der Waals surface area contributed by atoms with Gasteiger partial charge in [0.1, 0.15) is 18.1 Å². The van der Waals surface area contributed by atoms with Gasteiger partial charge in [0.05, 0.1) is 16.8 Å². The van der Waals surface area contributed by atoms with Crippen LogP contribution in [0.25, 0.3) is 21.9 Å². The number of aryl methyl sites for hydroxylation is 1. The predicted molar refractivity (Wildman–Crippen MR) is 155 cm³/mol. The summed E-state index contributed by atoms with van der Waals surface area (Å²) < 4.78 is 11.9. The van der Waals surface area contributed by atoms with Crippen molar-refractivity contribution in [2.24, 2.45) is 0 Å². The topological polar surface area (TPSA) is 72.6 Å². The first-order chi connectivity index (χ1) is 18.8. The summed E-state index contributed by atoms with van der Waals surface area (Å²) in [6.07, 6.45) is 1.27. The predicted octanol–water partition coefficient (Wildman–Crippen LogP) is 8.99. The number of halogens is 2. The van der Waals surface area contributed by atoms with Gasteiger partial charge in [0.2, 0.25) is 0 Å². The standard InChI is InChI=1S/C32H27Cl2NO4/c1-19(2)31-27(30(35-39-31)15-14-26-28(33)4-3-5-29(26)34)18-38-25-12-10-20(11-13-25)22-8-6-21-7-9-23(32(36)37)17-24(21)16-22/h3-13,16-17,19H,14-15,18H2,1-2H3,(H,36,37). The van der Waals surface area contributed by atoms with E-state index in [0.717, 1.165) is 50.2 Å². The van der Waals surface area contributed by atoms with Gasteiger partial charge in [0, 0.05) is 16.0 Å². The lowest BCUT2D eigenvalue weighted by Crippen LogP contribution is -2.04. The van der Waals surface area contributed by atoms with Crippen molar-refractivity contribution in [3.63, 3.8) is 0 Å². The lowest BCUT2D eigenvalue weighted by molar-refractivity contribution is 0.0697. The number of benzene rings is 4. The van der Waals surface area contributed by atoms with E-state index in [4.69, 9.17) is 32.5 Å². The lowest BCUT2D eigenvalue weighted by atomic mass is 10.00. The van der Waals surface area contributed by atoms with Gasteiger partial charge in [-0.15, -0.1) is 0 Å². The molecule has 0 amide bonds. The molecule has 5 aromatic rings. The van der Waals surface area contributed by atoms with Crippen LogP contribution in [0.3, 0.4) is 0 Å². The fraction of sp³-hybridized carbons (Fsp3) is 0.188. The minimum Gasteiger partial charge on any atom is -0.489 e. The van der Waals surface area contributed by atoms with Crippen molar-refractivity contribution in [2.75, 3.05) is 0 Å². The Morgan fingerprint density at radius 1 is 0.872 bits per heavy atom. The first-order valence-corrected chi connectivity index (χ1v) is 13.5. The maximum absolute atomic E-state index is 11.4. The van der Waals surface area contributed by atoms with Crippen LogP contribution in [0.1, 0.15) is 52.7 Å². The number of ether oxygens (including phenoxy) is 1. The molecule has 1 N–H and O–H groups in total. The van der Waals surface area contributed by atoms with E-state index in [1.54, 1.807) is 12.1 Å². The minimum atomic E-state index is -0.937. The quantitative estimate of drug-likeness (QED) is 0.195. The molecule has 1 heterocycles. The van der Waals surface area contributed by atoms with Crippen LogP contribution in [0.4, 0.5) is 0 Å². The number of aromatic carboxylic acids is 1. The number of hydrogen-bond acceptors (Lipinski definition) is 4. The molecule has 0 saturated heterocycles. The number of carbonyl (C=O) groups is 1. The molecule has 7 heteroatoms. The third-order valence-electron chi connectivity index (χ3n) is 6.76. The molecule has 0 radical (unpaired) electrons. The van der Waals surface area contributed by atoms with E-state index in [9.17, 15) is 9.90 Å². The molecule has 0 spiro atoms. The Morgan fingerprint density at radius 3 is 2.26 bits per heavy atom. The van der Waals surface area contributed by atoms with Crippen LogP contribution in [0.5, 0.6) is 5.75 Å². The number of fused-ring (bicyclic) bond motifs is 1. The molecule has 4 aromatic carbocycles. The summed E-state index contributed by atoms with van der Waals surface area (Å²) in [6.45, 7) is 4.46. The van der Waals surface area contributed by atoms with Crippen LogP contribution in [0.2, 0.25) is 10.0 Å². The van der Waals surface area contributed by atoms with Crippen molar-refractivity contribution in [3.8, 4) is 16.9 Å². The van der Waals surface area contributed by atoms with Crippen molar-refractivity contribution in [1.29, 1.82) is 0 Å². The van der Waals surface area contributed by atoms with Crippen molar-refractivity contribution in [1.82, 2.24) is 5.16 Å². The van der Waals surface area contributed by atoms with Crippen LogP contribution < -0.4 is 4.74 Å². The maximum atomic E-state index is 11.4. The van der Waals surface area contributed by atoms with Crippen LogP contribution in [0, 0.1) is 0 Å². The van der Waals surface area contributed by atoms with Crippen molar-refractivity contribution in [3.05, 3.63) is 117 Å². The van der Waals surface area contributed by atoms with Crippen LogP contribution in [-0.2, 0) is 19.4 Å². The van der Waals surface area contributed by atoms with Gasteiger partial charge < -0.3 is 14.4 Å². The second-order valence-corrected chi connectivity index (χ2v) is 10.5. The molecule has 5 nitrogen and oxygen atoms in total. The fourth-order valence-corrected chi connectivity index (χ4v) is 5.22. The molecule has 0 aliphatic heterocycles. The van der Waals surface area contributed by atoms with Crippen LogP contribution >= 0.6 is 23.2 Å². The van der Waals surface area contributed by atoms with Gasteiger partial charge in [-0.25, -0.2) is 4.79 Å². The Bertz CT molecular complexity index is 1620. The summed E-state index contributed by atoms with van der Waals surface area (Å²) in [6, 6.07) is 24.5. The molecule has 0 fully saturated rings. The van der Waals surface area contributed by atoms with E-state index < -0.39 is 5.97 Å². The zero-order valence-corrected chi connectivity index (χ0v) is 23.1. The number of aromatic nitrogens is 1.